The van der Waals surface area contributed by atoms with Crippen LogP contribution in [0.3, 0.4) is 0 Å². The average molecular weight is 479 g/mol. The Labute approximate surface area is 193 Å². The van der Waals surface area contributed by atoms with Crippen LogP contribution in [-0.4, -0.2) is 22.6 Å². The van der Waals surface area contributed by atoms with Crippen molar-refractivity contribution < 1.29 is 22.6 Å². The first-order valence-electron chi connectivity index (χ1n) is 9.39. The van der Waals surface area contributed by atoms with Gasteiger partial charge in [0, 0.05) is 15.2 Å². The van der Waals surface area contributed by atoms with Crippen molar-refractivity contribution in [2.45, 2.75) is 9.79 Å². The zero-order valence-electron chi connectivity index (χ0n) is 16.7. The molecule has 0 aliphatic heterocycles. The number of phenols is 1. The quantitative estimate of drug-likeness (QED) is 0.272. The van der Waals surface area contributed by atoms with E-state index in [0.717, 1.165) is 6.07 Å². The average Bonchev–Trinajstić information content (AvgIpc) is 2.82. The zero-order valence-corrected chi connectivity index (χ0v) is 18.3. The van der Waals surface area contributed by atoms with Crippen molar-refractivity contribution in [2.75, 3.05) is 0 Å². The minimum atomic E-state index is -2.78. The lowest BCUT2D eigenvalue weighted by molar-refractivity contribution is 0.477. The Hall–Kier alpha value is -3.64. The highest BCUT2D eigenvalue weighted by Gasteiger charge is 2.14. The predicted molar refractivity (Wildman–Crippen MR) is 121 cm³/mol. The van der Waals surface area contributed by atoms with Crippen LogP contribution < -0.4 is 0 Å². The molecule has 0 aliphatic rings. The Morgan fingerprint density at radius 2 is 1.24 bits per heavy atom. The van der Waals surface area contributed by atoms with E-state index >= 15 is 0 Å². The van der Waals surface area contributed by atoms with Gasteiger partial charge in [-0.1, -0.05) is 24.3 Å². The van der Waals surface area contributed by atoms with E-state index in [1.54, 1.807) is 24.3 Å². The van der Waals surface area contributed by atoms with Gasteiger partial charge in [0.25, 0.3) is 0 Å². The highest BCUT2D eigenvalue weighted by atomic mass is 32.2. The van der Waals surface area contributed by atoms with Crippen LogP contribution in [0.15, 0.2) is 109 Å². The fourth-order valence-electron chi connectivity index (χ4n) is 3.00. The minimum Gasteiger partial charge on any atom is -0.768 e. The molecule has 1 N–H and O–H groups in total. The lowest BCUT2D eigenvalue weighted by Crippen LogP contribution is -1.96. The number of rotatable bonds is 6. The smallest absolute Gasteiger partial charge is 0.143 e. The van der Waals surface area contributed by atoms with Gasteiger partial charge in [-0.2, -0.15) is 15.3 Å². The van der Waals surface area contributed by atoms with Crippen molar-refractivity contribution in [2.24, 2.45) is 20.5 Å². The Kier molecular flexibility index (Phi) is 6.75. The van der Waals surface area contributed by atoms with Gasteiger partial charge in [0.1, 0.15) is 11.4 Å². The molecular formula is C22H14N4O5S2-2. The van der Waals surface area contributed by atoms with Gasteiger partial charge >= 0.3 is 0 Å². The second-order valence-electron chi connectivity index (χ2n) is 6.67. The van der Waals surface area contributed by atoms with E-state index < -0.39 is 22.2 Å². The van der Waals surface area contributed by atoms with E-state index in [1.165, 1.54) is 18.2 Å². The molecule has 2 unspecified atom stereocenters. The minimum absolute atomic E-state index is 0.0644. The molecule has 0 aliphatic carbocycles. The van der Waals surface area contributed by atoms with Crippen LogP contribution in [0.1, 0.15) is 0 Å². The summed E-state index contributed by atoms with van der Waals surface area (Å²) in [4.78, 5) is -0.510. The van der Waals surface area contributed by atoms with Crippen LogP contribution in [0, 0.1) is 0 Å². The van der Waals surface area contributed by atoms with Gasteiger partial charge in [-0.25, -0.2) is 0 Å². The molecule has 4 aromatic carbocycles. The zero-order chi connectivity index (χ0) is 23.4. The summed E-state index contributed by atoms with van der Waals surface area (Å²) in [7, 11) is 0. The summed E-state index contributed by atoms with van der Waals surface area (Å²) >= 11 is -5.41. The number of azo groups is 2. The summed E-state index contributed by atoms with van der Waals surface area (Å²) in [6.07, 6.45) is 0. The number of hydrogen-bond donors (Lipinski definition) is 1. The van der Waals surface area contributed by atoms with E-state index in [2.05, 4.69) is 20.5 Å². The Morgan fingerprint density at radius 1 is 0.667 bits per heavy atom. The SMILES string of the molecule is O=S([O-])c1cc(S(=O)[O-])c2c(N=Nc3ccc(N=Nc4ccccc4)cc3)c(O)ccc2c1. The maximum atomic E-state index is 11.8. The van der Waals surface area contributed by atoms with Gasteiger partial charge in [-0.3, -0.25) is 8.42 Å². The Balaban J connectivity index is 1.68. The maximum Gasteiger partial charge on any atom is 0.143 e. The molecule has 166 valence electrons. The van der Waals surface area contributed by atoms with Crippen LogP contribution >= 0.6 is 0 Å². The molecule has 4 aromatic rings. The summed E-state index contributed by atoms with van der Waals surface area (Å²) in [5, 5.41) is 27.0. The van der Waals surface area contributed by atoms with Crippen molar-refractivity contribution in [3.8, 4) is 5.75 Å². The third kappa shape index (κ3) is 5.23. The van der Waals surface area contributed by atoms with Crippen molar-refractivity contribution >= 4 is 55.7 Å². The molecule has 0 heterocycles. The summed E-state index contributed by atoms with van der Waals surface area (Å²) in [6.45, 7) is 0. The lowest BCUT2D eigenvalue weighted by atomic mass is 10.1. The molecule has 0 fully saturated rings. The van der Waals surface area contributed by atoms with E-state index in [4.69, 9.17) is 0 Å². The molecule has 0 aromatic heterocycles. The van der Waals surface area contributed by atoms with Gasteiger partial charge in [0.15, 0.2) is 0 Å². The Morgan fingerprint density at radius 3 is 1.82 bits per heavy atom. The van der Waals surface area contributed by atoms with Crippen LogP contribution in [0.2, 0.25) is 0 Å². The molecule has 0 saturated heterocycles. The van der Waals surface area contributed by atoms with Gasteiger partial charge in [0.05, 0.1) is 17.1 Å². The monoisotopic (exact) mass is 478 g/mol. The number of benzene rings is 4. The van der Waals surface area contributed by atoms with Crippen LogP contribution in [0.25, 0.3) is 10.8 Å². The van der Waals surface area contributed by atoms with Crippen LogP contribution in [0.4, 0.5) is 22.7 Å². The van der Waals surface area contributed by atoms with Crippen molar-refractivity contribution in [3.63, 3.8) is 0 Å². The standard InChI is InChI=1S/C22H16N4O5S2/c27-19-11-6-14-12-18(32(28)29)13-20(33(30)31)21(14)22(19)26-25-17-9-7-16(8-10-17)24-23-15-4-2-1-3-5-15/h1-13,27H,(H,28,29)(H,30,31)/p-2. The molecule has 4 rings (SSSR count). The van der Waals surface area contributed by atoms with Crippen molar-refractivity contribution in [3.05, 3.63) is 78.9 Å². The van der Waals surface area contributed by atoms with E-state index in [-0.39, 0.29) is 32.0 Å². The van der Waals surface area contributed by atoms with Gasteiger partial charge < -0.3 is 14.2 Å². The largest absolute Gasteiger partial charge is 0.768 e. The summed E-state index contributed by atoms with van der Waals surface area (Å²) in [6, 6.07) is 20.9. The molecule has 0 bridgehead atoms. The van der Waals surface area contributed by atoms with Crippen molar-refractivity contribution in [1.29, 1.82) is 0 Å². The lowest BCUT2D eigenvalue weighted by Gasteiger charge is -2.15. The first-order valence-corrected chi connectivity index (χ1v) is 11.5. The molecule has 9 nitrogen and oxygen atoms in total. The van der Waals surface area contributed by atoms with Crippen molar-refractivity contribution in [1.82, 2.24) is 0 Å². The van der Waals surface area contributed by atoms with E-state index in [1.807, 2.05) is 30.3 Å². The topological polar surface area (TPSA) is 150 Å². The highest BCUT2D eigenvalue weighted by Crippen LogP contribution is 2.40. The first kappa shape index (κ1) is 22.6. The van der Waals surface area contributed by atoms with Gasteiger partial charge in [-0.15, -0.1) is 5.11 Å². The number of phenolic OH excluding ortho intramolecular Hbond substituents is 1. The van der Waals surface area contributed by atoms with E-state index in [0.29, 0.717) is 17.1 Å². The van der Waals surface area contributed by atoms with Gasteiger partial charge in [0.2, 0.25) is 0 Å². The number of fused-ring (bicyclic) bond motifs is 1. The molecule has 0 radical (unpaired) electrons. The second kappa shape index (κ2) is 9.88. The van der Waals surface area contributed by atoms with E-state index in [9.17, 15) is 22.6 Å². The van der Waals surface area contributed by atoms with Gasteiger partial charge in [-0.05, 0) is 82.1 Å². The predicted octanol–water partition coefficient (Wildman–Crippen LogP) is 5.85. The molecule has 11 heteroatoms. The fraction of sp³-hybridized carbons (Fsp3) is 0. The molecule has 0 amide bonds. The molecular weight excluding hydrogens is 464 g/mol. The van der Waals surface area contributed by atoms with Crippen LogP contribution in [0.5, 0.6) is 5.75 Å². The maximum absolute atomic E-state index is 11.8. The normalized spacial score (nSPS) is 13.6. The number of aromatic hydroxyl groups is 1. The molecule has 2 atom stereocenters. The molecule has 0 spiro atoms. The third-order valence-corrected chi connectivity index (χ3v) is 5.83. The second-order valence-corrected chi connectivity index (χ2v) is 8.52. The Bertz CT molecular complexity index is 1420. The summed E-state index contributed by atoms with van der Waals surface area (Å²) in [5.41, 5.74) is 1.63. The third-order valence-electron chi connectivity index (χ3n) is 4.53. The fourth-order valence-corrected chi connectivity index (χ4v) is 4.12. The van der Waals surface area contributed by atoms with Crippen LogP contribution in [-0.2, 0) is 22.2 Å². The highest BCUT2D eigenvalue weighted by molar-refractivity contribution is 7.80. The molecule has 0 saturated carbocycles. The molecule has 33 heavy (non-hydrogen) atoms. The summed E-state index contributed by atoms with van der Waals surface area (Å²) < 4.78 is 46.2. The number of nitrogens with zero attached hydrogens (tertiary/aromatic N) is 4. The first-order chi connectivity index (χ1) is 15.9. The number of hydrogen-bond acceptors (Lipinski definition) is 9. The summed E-state index contributed by atoms with van der Waals surface area (Å²) in [5.74, 6) is -0.303.